The maximum atomic E-state index is 15.0. The molecule has 2 aromatic rings. The maximum Gasteiger partial charge on any atom is 0.336 e. The molecule has 35 heavy (non-hydrogen) atoms. The van der Waals surface area contributed by atoms with Crippen molar-refractivity contribution in [2.75, 3.05) is 20.8 Å². The average Bonchev–Trinajstić information content (AvgIpc) is 2.86. The number of carbonyl (C=O) groups is 2. The third-order valence-corrected chi connectivity index (χ3v) is 6.58. The Balaban J connectivity index is 1.77. The van der Waals surface area contributed by atoms with E-state index in [1.165, 1.54) is 6.07 Å². The highest BCUT2D eigenvalue weighted by Gasteiger charge is 2.42. The minimum Gasteiger partial charge on any atom is -0.493 e. The number of rotatable bonds is 7. The van der Waals surface area contributed by atoms with Crippen LogP contribution in [0.3, 0.4) is 0 Å². The largest absolute Gasteiger partial charge is 0.493 e. The van der Waals surface area contributed by atoms with Crippen molar-refractivity contribution in [3.63, 3.8) is 0 Å². The number of methoxy groups -OCH3 is 2. The van der Waals surface area contributed by atoms with Gasteiger partial charge in [-0.1, -0.05) is 31.2 Å². The zero-order valence-corrected chi connectivity index (χ0v) is 20.4. The molecule has 0 radical (unpaired) electrons. The lowest BCUT2D eigenvalue weighted by Crippen LogP contribution is -2.36. The van der Waals surface area contributed by atoms with Gasteiger partial charge in [-0.2, -0.15) is 0 Å². The van der Waals surface area contributed by atoms with Gasteiger partial charge in [0.15, 0.2) is 17.3 Å². The summed E-state index contributed by atoms with van der Waals surface area (Å²) in [7, 11) is 3.15. The Kier molecular flexibility index (Phi) is 7.24. The summed E-state index contributed by atoms with van der Waals surface area (Å²) in [4.78, 5) is 26.7. The normalized spacial score (nSPS) is 19.7. The predicted molar refractivity (Wildman–Crippen MR) is 130 cm³/mol. The summed E-state index contributed by atoms with van der Waals surface area (Å²) >= 11 is 0. The second-order valence-electron chi connectivity index (χ2n) is 8.79. The van der Waals surface area contributed by atoms with Gasteiger partial charge in [0, 0.05) is 29.0 Å². The van der Waals surface area contributed by atoms with Crippen LogP contribution in [-0.2, 0) is 14.3 Å². The smallest absolute Gasteiger partial charge is 0.336 e. The van der Waals surface area contributed by atoms with E-state index in [0.29, 0.717) is 46.9 Å². The molecule has 4 rings (SSSR count). The van der Waals surface area contributed by atoms with Crippen molar-refractivity contribution < 1.29 is 28.2 Å². The van der Waals surface area contributed by atoms with Crippen molar-refractivity contribution in [1.29, 1.82) is 0 Å². The third-order valence-electron chi connectivity index (χ3n) is 6.58. The first-order valence-corrected chi connectivity index (χ1v) is 11.8. The van der Waals surface area contributed by atoms with E-state index in [4.69, 9.17) is 14.2 Å². The van der Waals surface area contributed by atoms with Gasteiger partial charge in [-0.15, -0.1) is 0 Å². The van der Waals surface area contributed by atoms with Crippen LogP contribution in [0.15, 0.2) is 65.0 Å². The number of dihydropyridines is 1. The maximum absolute atomic E-state index is 15.0. The van der Waals surface area contributed by atoms with Gasteiger partial charge < -0.3 is 19.5 Å². The molecule has 1 N–H and O–H groups in total. The minimum absolute atomic E-state index is 0.101. The third kappa shape index (κ3) is 4.67. The number of esters is 1. The lowest BCUT2D eigenvalue weighted by molar-refractivity contribution is -0.139. The highest BCUT2D eigenvalue weighted by Crippen LogP contribution is 2.47. The van der Waals surface area contributed by atoms with Gasteiger partial charge in [-0.25, -0.2) is 9.18 Å². The quantitative estimate of drug-likeness (QED) is 0.553. The van der Waals surface area contributed by atoms with Crippen LogP contribution in [0, 0.1) is 5.82 Å². The zero-order valence-electron chi connectivity index (χ0n) is 20.4. The molecule has 0 saturated heterocycles. The summed E-state index contributed by atoms with van der Waals surface area (Å²) < 4.78 is 31.2. The highest BCUT2D eigenvalue weighted by atomic mass is 19.1. The Morgan fingerprint density at radius 2 is 1.83 bits per heavy atom. The molecule has 184 valence electrons. The Hall–Kier alpha value is -3.61. The monoisotopic (exact) mass is 479 g/mol. The van der Waals surface area contributed by atoms with Gasteiger partial charge in [0.1, 0.15) is 5.82 Å². The first-order chi connectivity index (χ1) is 16.9. The molecule has 0 bridgehead atoms. The molecular formula is C28H30FNO5. The number of benzene rings is 2. The number of ketones is 1. The molecule has 0 spiro atoms. The molecule has 1 heterocycles. The van der Waals surface area contributed by atoms with Crippen LogP contribution >= 0.6 is 0 Å². The fraction of sp³-hybridized carbons (Fsp3) is 0.357. The zero-order chi connectivity index (χ0) is 25.1. The van der Waals surface area contributed by atoms with Crippen molar-refractivity contribution in [2.24, 2.45) is 0 Å². The molecule has 0 amide bonds. The second kappa shape index (κ2) is 10.3. The SMILES string of the molecule is CCCOC(=O)C1=C(C)NC2=C(C(=O)C[C@@H](c3ccc(OC)c(OC)c3)C2)[C@H]1c1ccccc1F. The summed E-state index contributed by atoms with van der Waals surface area (Å²) in [5.74, 6) is -0.842. The van der Waals surface area contributed by atoms with Gasteiger partial charge in [0.05, 0.1) is 32.3 Å². The second-order valence-corrected chi connectivity index (χ2v) is 8.79. The molecule has 2 aromatic carbocycles. The summed E-state index contributed by atoms with van der Waals surface area (Å²) in [5, 5.41) is 3.29. The molecule has 1 aliphatic heterocycles. The topological polar surface area (TPSA) is 73.9 Å². The molecule has 0 unspecified atom stereocenters. The molecule has 2 atom stereocenters. The summed E-state index contributed by atoms with van der Waals surface area (Å²) in [6.07, 6.45) is 1.43. The van der Waals surface area contributed by atoms with Crippen LogP contribution in [0.1, 0.15) is 56.1 Å². The molecule has 0 fully saturated rings. The van der Waals surface area contributed by atoms with Crippen molar-refractivity contribution >= 4 is 11.8 Å². The Morgan fingerprint density at radius 3 is 2.51 bits per heavy atom. The summed E-state index contributed by atoms with van der Waals surface area (Å²) in [5.41, 5.74) is 3.22. The molecule has 6 nitrogen and oxygen atoms in total. The van der Waals surface area contributed by atoms with Crippen LogP contribution in [0.2, 0.25) is 0 Å². The predicted octanol–water partition coefficient (Wildman–Crippen LogP) is 5.16. The van der Waals surface area contributed by atoms with Crippen LogP contribution in [0.5, 0.6) is 11.5 Å². The van der Waals surface area contributed by atoms with Gasteiger partial charge >= 0.3 is 5.97 Å². The van der Waals surface area contributed by atoms with E-state index in [1.807, 2.05) is 25.1 Å². The number of nitrogens with one attached hydrogen (secondary N) is 1. The molecular weight excluding hydrogens is 449 g/mol. The first-order valence-electron chi connectivity index (χ1n) is 11.8. The Bertz CT molecular complexity index is 1220. The van der Waals surface area contributed by atoms with Crippen LogP contribution < -0.4 is 14.8 Å². The van der Waals surface area contributed by atoms with Crippen LogP contribution in [0.4, 0.5) is 4.39 Å². The van der Waals surface area contributed by atoms with Gasteiger partial charge in [0.25, 0.3) is 0 Å². The molecule has 0 saturated carbocycles. The van der Waals surface area contributed by atoms with Gasteiger partial charge in [-0.3, -0.25) is 4.79 Å². The average molecular weight is 480 g/mol. The minimum atomic E-state index is -0.823. The van der Waals surface area contributed by atoms with E-state index in [0.717, 1.165) is 5.56 Å². The molecule has 2 aliphatic rings. The van der Waals surface area contributed by atoms with Crippen LogP contribution in [0.25, 0.3) is 0 Å². The highest BCUT2D eigenvalue weighted by molar-refractivity contribution is 6.04. The number of hydrogen-bond donors (Lipinski definition) is 1. The van der Waals surface area contributed by atoms with Gasteiger partial charge in [-0.05, 0) is 49.4 Å². The lowest BCUT2D eigenvalue weighted by Gasteiger charge is -2.36. The van der Waals surface area contributed by atoms with Crippen molar-refractivity contribution in [1.82, 2.24) is 5.32 Å². The van der Waals surface area contributed by atoms with Crippen molar-refractivity contribution in [3.05, 3.63) is 81.9 Å². The fourth-order valence-electron chi connectivity index (χ4n) is 4.94. The van der Waals surface area contributed by atoms with Gasteiger partial charge in [0.2, 0.25) is 0 Å². The van der Waals surface area contributed by atoms with E-state index in [1.54, 1.807) is 39.3 Å². The van der Waals surface area contributed by atoms with Crippen molar-refractivity contribution in [3.8, 4) is 11.5 Å². The number of allylic oxidation sites excluding steroid dienone is 3. The van der Waals surface area contributed by atoms with E-state index in [9.17, 15) is 9.59 Å². The first kappa shape index (κ1) is 24.5. The molecule has 1 aliphatic carbocycles. The fourth-order valence-corrected chi connectivity index (χ4v) is 4.94. The van der Waals surface area contributed by atoms with E-state index in [-0.39, 0.29) is 30.3 Å². The molecule has 0 aromatic heterocycles. The van der Waals surface area contributed by atoms with E-state index in [2.05, 4.69) is 5.32 Å². The lowest BCUT2D eigenvalue weighted by atomic mass is 9.71. The number of Topliss-reactive ketones (excluding diaryl/α,β-unsaturated/α-hetero) is 1. The Labute approximate surface area is 204 Å². The van der Waals surface area contributed by atoms with Crippen LogP contribution in [-0.4, -0.2) is 32.6 Å². The van der Waals surface area contributed by atoms with E-state index >= 15 is 4.39 Å². The standard InChI is InChI=1S/C28H30FNO5/c1-5-12-35-28(32)25-16(2)30-21-13-18(17-10-11-23(33-3)24(15-17)34-4)14-22(31)27(21)26(25)19-8-6-7-9-20(19)29/h6-11,15,18,26,30H,5,12-14H2,1-4H3/t18-,26-/m0/s1. The number of carbonyl (C=O) groups excluding carboxylic acids is 2. The summed E-state index contributed by atoms with van der Waals surface area (Å²) in [6.45, 7) is 3.92. The molecule has 7 heteroatoms. The summed E-state index contributed by atoms with van der Waals surface area (Å²) in [6, 6.07) is 11.9. The number of halogens is 1. The van der Waals surface area contributed by atoms with E-state index < -0.39 is 17.7 Å². The van der Waals surface area contributed by atoms with Crippen molar-refractivity contribution in [2.45, 2.75) is 44.9 Å². The number of hydrogen-bond acceptors (Lipinski definition) is 6. The Morgan fingerprint density at radius 1 is 1.09 bits per heavy atom. The number of ether oxygens (including phenoxy) is 3.